The number of benzene rings is 4. The summed E-state index contributed by atoms with van der Waals surface area (Å²) in [6.07, 6.45) is 1.13. The average molecular weight is 518 g/mol. The molecule has 1 heterocycles. The molecular formula is C33H27NO5. The van der Waals surface area contributed by atoms with E-state index in [9.17, 15) is 19.5 Å². The van der Waals surface area contributed by atoms with Gasteiger partial charge in [-0.1, -0.05) is 78.9 Å². The number of carboxylic acid groups (broad SMARTS) is 1. The third kappa shape index (κ3) is 4.70. The Morgan fingerprint density at radius 3 is 2.00 bits per heavy atom. The summed E-state index contributed by atoms with van der Waals surface area (Å²) in [5, 5.41) is 13.1. The van der Waals surface area contributed by atoms with E-state index in [1.165, 1.54) is 0 Å². The van der Waals surface area contributed by atoms with E-state index in [1.807, 2.05) is 91.0 Å². The molecule has 1 amide bonds. The summed E-state index contributed by atoms with van der Waals surface area (Å²) >= 11 is 0. The number of esters is 1. The minimum absolute atomic E-state index is 0.0212. The van der Waals surface area contributed by atoms with Crippen molar-refractivity contribution in [2.24, 2.45) is 11.8 Å². The Labute approximate surface area is 226 Å². The molecule has 3 unspecified atom stereocenters. The fourth-order valence-corrected chi connectivity index (χ4v) is 6.01. The summed E-state index contributed by atoms with van der Waals surface area (Å²) in [6.45, 7) is 0. The summed E-state index contributed by atoms with van der Waals surface area (Å²) in [6, 6.07) is 31.9. The van der Waals surface area contributed by atoms with Crippen molar-refractivity contribution in [2.45, 2.75) is 24.7 Å². The number of anilines is 1. The summed E-state index contributed by atoms with van der Waals surface area (Å²) in [5.41, 5.74) is 5.37. The maximum Gasteiger partial charge on any atom is 0.315 e. The number of hydrogen-bond donors (Lipinski definition) is 2. The van der Waals surface area contributed by atoms with Gasteiger partial charge < -0.3 is 15.2 Å². The van der Waals surface area contributed by atoms with Crippen molar-refractivity contribution in [3.63, 3.8) is 0 Å². The number of nitrogens with one attached hydrogen (secondary N) is 1. The van der Waals surface area contributed by atoms with Gasteiger partial charge in [0.15, 0.2) is 0 Å². The second-order valence-electron chi connectivity index (χ2n) is 10.1. The maximum atomic E-state index is 13.7. The van der Waals surface area contributed by atoms with Crippen LogP contribution in [0.3, 0.4) is 0 Å². The lowest BCUT2D eigenvalue weighted by molar-refractivity contribution is -0.158. The molecule has 1 aliphatic heterocycles. The monoisotopic (exact) mass is 517 g/mol. The lowest BCUT2D eigenvalue weighted by atomic mass is 9.52. The van der Waals surface area contributed by atoms with Crippen LogP contribution < -0.4 is 10.1 Å². The molecule has 4 atom stereocenters. The van der Waals surface area contributed by atoms with Crippen LogP contribution >= 0.6 is 0 Å². The molecule has 4 aromatic carbocycles. The van der Waals surface area contributed by atoms with Gasteiger partial charge in [-0.15, -0.1) is 0 Å². The van der Waals surface area contributed by atoms with Crippen molar-refractivity contribution in [2.75, 3.05) is 5.32 Å². The number of rotatable bonds is 6. The number of hydrogen-bond acceptors (Lipinski definition) is 4. The van der Waals surface area contributed by atoms with Crippen molar-refractivity contribution >= 4 is 23.5 Å². The first-order valence-electron chi connectivity index (χ1n) is 13.1. The maximum absolute atomic E-state index is 13.7. The molecule has 2 N–H and O–H groups in total. The van der Waals surface area contributed by atoms with Gasteiger partial charge in [-0.3, -0.25) is 14.4 Å². The Kier molecular flexibility index (Phi) is 6.45. The summed E-state index contributed by atoms with van der Waals surface area (Å²) in [4.78, 5) is 37.9. The summed E-state index contributed by atoms with van der Waals surface area (Å²) < 4.78 is 5.95. The van der Waals surface area contributed by atoms with Crippen LogP contribution in [0.15, 0.2) is 103 Å². The Hall–Kier alpha value is -4.71. The molecule has 6 heteroatoms. The molecule has 1 fully saturated rings. The first-order valence-corrected chi connectivity index (χ1v) is 13.1. The number of ether oxygens (including phenoxy) is 1. The molecule has 0 bridgehead atoms. The predicted octanol–water partition coefficient (Wildman–Crippen LogP) is 6.04. The standard InChI is InChI=1S/C33H27NO5/c35-27-17-15-24-18-23(14-16-26(24)34-27)22-12-7-13-25(19-22)39-33(38)31-28(20-8-3-1-4-9-20)30(32(36)37)29(31)21-10-5-2-6-11-21/h1-14,16,18-19,28-31H,15,17H2,(H,34,35)(H,36,37)/t28-,29?,30?,31?/m1/s1. The van der Waals surface area contributed by atoms with Crippen molar-refractivity contribution in [1.82, 2.24) is 0 Å². The number of aryl methyl sites for hydroxylation is 1. The number of carboxylic acids is 1. The third-order valence-corrected chi connectivity index (χ3v) is 7.86. The Bertz CT molecular complexity index is 1500. The highest BCUT2D eigenvalue weighted by Gasteiger charge is 2.59. The molecule has 0 aromatic heterocycles. The Balaban J connectivity index is 1.30. The van der Waals surface area contributed by atoms with Gasteiger partial charge in [0.1, 0.15) is 5.75 Å². The Morgan fingerprint density at radius 2 is 1.36 bits per heavy atom. The van der Waals surface area contributed by atoms with Crippen LogP contribution in [-0.4, -0.2) is 23.0 Å². The van der Waals surface area contributed by atoms with Crippen molar-refractivity contribution in [3.05, 3.63) is 120 Å². The highest BCUT2D eigenvalue weighted by molar-refractivity contribution is 5.94. The van der Waals surface area contributed by atoms with Crippen molar-refractivity contribution in [3.8, 4) is 16.9 Å². The van der Waals surface area contributed by atoms with E-state index in [1.54, 1.807) is 6.07 Å². The van der Waals surface area contributed by atoms with E-state index in [0.717, 1.165) is 33.5 Å². The predicted molar refractivity (Wildman–Crippen MR) is 147 cm³/mol. The molecule has 4 aromatic rings. The molecule has 0 spiro atoms. The quantitative estimate of drug-likeness (QED) is 0.240. The molecule has 1 saturated carbocycles. The third-order valence-electron chi connectivity index (χ3n) is 7.86. The van der Waals surface area contributed by atoms with E-state index in [4.69, 9.17) is 4.74 Å². The molecule has 0 saturated heterocycles. The van der Waals surface area contributed by atoms with Crippen LogP contribution in [0.25, 0.3) is 11.1 Å². The average Bonchev–Trinajstić information content (AvgIpc) is 2.93. The number of carbonyl (C=O) groups is 3. The zero-order chi connectivity index (χ0) is 26.9. The SMILES string of the molecule is O=C1CCc2cc(-c3cccc(OC(=O)C4C(c5ccccc5)C(C(=O)O)[C@H]4c4ccccc4)c3)ccc2N1. The van der Waals surface area contributed by atoms with E-state index < -0.39 is 35.6 Å². The van der Waals surface area contributed by atoms with E-state index in [-0.39, 0.29) is 5.91 Å². The lowest BCUT2D eigenvalue weighted by Crippen LogP contribution is -2.52. The molecule has 194 valence electrons. The highest BCUT2D eigenvalue weighted by atomic mass is 16.5. The first kappa shape index (κ1) is 24.6. The van der Waals surface area contributed by atoms with Crippen LogP contribution in [-0.2, 0) is 20.8 Å². The van der Waals surface area contributed by atoms with Gasteiger partial charge in [0.2, 0.25) is 5.91 Å². The second-order valence-corrected chi connectivity index (χ2v) is 10.1. The smallest absolute Gasteiger partial charge is 0.315 e. The van der Waals surface area contributed by atoms with Crippen molar-refractivity contribution < 1.29 is 24.2 Å². The van der Waals surface area contributed by atoms with Crippen LogP contribution in [0.2, 0.25) is 0 Å². The molecular weight excluding hydrogens is 490 g/mol. The zero-order valence-corrected chi connectivity index (χ0v) is 21.1. The largest absolute Gasteiger partial charge is 0.481 e. The van der Waals surface area contributed by atoms with Crippen LogP contribution in [0.5, 0.6) is 5.75 Å². The number of amides is 1. The van der Waals surface area contributed by atoms with Gasteiger partial charge in [-0.25, -0.2) is 0 Å². The van der Waals surface area contributed by atoms with Gasteiger partial charge in [-0.05, 0) is 58.5 Å². The minimum atomic E-state index is -0.924. The minimum Gasteiger partial charge on any atom is -0.481 e. The summed E-state index contributed by atoms with van der Waals surface area (Å²) in [5.74, 6) is -3.33. The number of carbonyl (C=O) groups excluding carboxylic acids is 2. The Morgan fingerprint density at radius 1 is 0.718 bits per heavy atom. The fourth-order valence-electron chi connectivity index (χ4n) is 6.01. The van der Waals surface area contributed by atoms with E-state index in [2.05, 4.69) is 11.4 Å². The van der Waals surface area contributed by atoms with Gasteiger partial charge in [0, 0.05) is 23.9 Å². The zero-order valence-electron chi connectivity index (χ0n) is 21.1. The van der Waals surface area contributed by atoms with Gasteiger partial charge in [0.25, 0.3) is 0 Å². The topological polar surface area (TPSA) is 92.7 Å². The van der Waals surface area contributed by atoms with Gasteiger partial charge in [-0.2, -0.15) is 0 Å². The van der Waals surface area contributed by atoms with Gasteiger partial charge in [0.05, 0.1) is 11.8 Å². The van der Waals surface area contributed by atoms with Gasteiger partial charge >= 0.3 is 11.9 Å². The highest BCUT2D eigenvalue weighted by Crippen LogP contribution is 2.58. The molecule has 39 heavy (non-hydrogen) atoms. The normalized spacial score (nSPS) is 21.7. The van der Waals surface area contributed by atoms with Crippen LogP contribution in [0, 0.1) is 11.8 Å². The van der Waals surface area contributed by atoms with E-state index in [0.29, 0.717) is 18.6 Å². The van der Waals surface area contributed by atoms with E-state index >= 15 is 0 Å². The number of fused-ring (bicyclic) bond motifs is 1. The fraction of sp³-hybridized carbons (Fsp3) is 0.182. The summed E-state index contributed by atoms with van der Waals surface area (Å²) in [7, 11) is 0. The second kappa shape index (κ2) is 10.2. The molecule has 6 rings (SSSR count). The molecule has 1 aliphatic carbocycles. The molecule has 6 nitrogen and oxygen atoms in total. The molecule has 2 aliphatic rings. The molecule has 0 radical (unpaired) electrons. The first-order chi connectivity index (χ1) is 19.0. The van der Waals surface area contributed by atoms with Crippen LogP contribution in [0.4, 0.5) is 5.69 Å². The lowest BCUT2D eigenvalue weighted by Gasteiger charge is -2.48. The van der Waals surface area contributed by atoms with Crippen molar-refractivity contribution in [1.29, 1.82) is 0 Å². The van der Waals surface area contributed by atoms with Crippen LogP contribution in [0.1, 0.15) is 34.9 Å². The number of aliphatic carboxylic acids is 1.